The molecule has 4 nitrogen and oxygen atoms in total. The highest BCUT2D eigenvalue weighted by molar-refractivity contribution is 5.69. The molecule has 99 valence electrons. The first-order chi connectivity index (χ1) is 8.20. The molecule has 1 radical (unpaired) electrons. The summed E-state index contributed by atoms with van der Waals surface area (Å²) in [7, 11) is 0. The lowest BCUT2D eigenvalue weighted by Crippen LogP contribution is -2.20. The summed E-state index contributed by atoms with van der Waals surface area (Å²) in [5, 5.41) is 0. The molecule has 0 saturated carbocycles. The predicted octanol–water partition coefficient (Wildman–Crippen LogP) is 2.90. The molecule has 0 fully saturated rings. The van der Waals surface area contributed by atoms with Crippen LogP contribution < -0.4 is 0 Å². The summed E-state index contributed by atoms with van der Waals surface area (Å²) >= 11 is 0. The molecular formula is C14H19O4. The molecule has 0 aromatic heterocycles. The van der Waals surface area contributed by atoms with Gasteiger partial charge in [0.05, 0.1) is 0 Å². The van der Waals surface area contributed by atoms with Crippen LogP contribution in [-0.2, 0) is 19.1 Å². The lowest BCUT2D eigenvalue weighted by atomic mass is 9.80. The van der Waals surface area contributed by atoms with Crippen LogP contribution in [0.3, 0.4) is 0 Å². The molecule has 0 heterocycles. The molecule has 4 heteroatoms. The van der Waals surface area contributed by atoms with Gasteiger partial charge in [0.25, 0.3) is 0 Å². The van der Waals surface area contributed by atoms with Gasteiger partial charge in [-0.1, -0.05) is 20.8 Å². The van der Waals surface area contributed by atoms with E-state index in [2.05, 4.69) is 0 Å². The van der Waals surface area contributed by atoms with E-state index in [9.17, 15) is 9.59 Å². The van der Waals surface area contributed by atoms with Crippen molar-refractivity contribution in [2.45, 2.75) is 41.0 Å². The van der Waals surface area contributed by atoms with Crippen molar-refractivity contribution in [3.05, 3.63) is 29.6 Å². The fourth-order valence-corrected chi connectivity index (χ4v) is 1.73. The normalized spacial score (nSPS) is 16.7. The Morgan fingerprint density at radius 1 is 1.06 bits per heavy atom. The number of esters is 2. The SMILES string of the molecule is CC(=O)O[C]1C=CC(OC(C)=O)=C(C(C)(C)C)C1. The molecular weight excluding hydrogens is 232 g/mol. The topological polar surface area (TPSA) is 52.6 Å². The Labute approximate surface area is 108 Å². The molecule has 1 aliphatic rings. The van der Waals surface area contributed by atoms with Gasteiger partial charge >= 0.3 is 11.9 Å². The molecule has 1 aliphatic carbocycles. The molecule has 18 heavy (non-hydrogen) atoms. The molecule has 0 amide bonds. The van der Waals surface area contributed by atoms with Gasteiger partial charge in [-0.05, 0) is 23.1 Å². The summed E-state index contributed by atoms with van der Waals surface area (Å²) < 4.78 is 10.3. The van der Waals surface area contributed by atoms with Crippen molar-refractivity contribution in [3.63, 3.8) is 0 Å². The van der Waals surface area contributed by atoms with Gasteiger partial charge in [-0.15, -0.1) is 0 Å². The Morgan fingerprint density at radius 2 is 1.61 bits per heavy atom. The summed E-state index contributed by atoms with van der Waals surface area (Å²) in [5.41, 5.74) is 0.775. The highest BCUT2D eigenvalue weighted by atomic mass is 16.5. The zero-order chi connectivity index (χ0) is 13.9. The van der Waals surface area contributed by atoms with Crippen LogP contribution in [0.5, 0.6) is 0 Å². The Balaban J connectivity index is 2.97. The van der Waals surface area contributed by atoms with E-state index in [1.165, 1.54) is 13.8 Å². The van der Waals surface area contributed by atoms with Gasteiger partial charge in [0, 0.05) is 20.3 Å². The van der Waals surface area contributed by atoms with E-state index in [4.69, 9.17) is 9.47 Å². The number of carbonyl (C=O) groups excluding carboxylic acids is 2. The van der Waals surface area contributed by atoms with Gasteiger partial charge in [-0.2, -0.15) is 0 Å². The Bertz CT molecular complexity index is 410. The molecule has 0 unspecified atom stereocenters. The number of rotatable bonds is 2. The summed E-state index contributed by atoms with van der Waals surface area (Å²) in [4.78, 5) is 22.0. The second kappa shape index (κ2) is 5.38. The third-order valence-corrected chi connectivity index (χ3v) is 2.50. The lowest BCUT2D eigenvalue weighted by Gasteiger charge is -2.29. The largest absolute Gasteiger partial charge is 0.450 e. The number of hydrogen-bond donors (Lipinski definition) is 0. The summed E-state index contributed by atoms with van der Waals surface area (Å²) in [6.45, 7) is 8.80. The second-order valence-electron chi connectivity index (χ2n) is 5.26. The summed E-state index contributed by atoms with van der Waals surface area (Å²) in [6, 6.07) is 0. The fraction of sp³-hybridized carbons (Fsp3) is 0.500. The number of ether oxygens (including phenoxy) is 2. The van der Waals surface area contributed by atoms with Crippen molar-refractivity contribution in [1.29, 1.82) is 0 Å². The maximum atomic E-state index is 11.1. The Kier molecular flexibility index (Phi) is 4.33. The summed E-state index contributed by atoms with van der Waals surface area (Å²) in [5.74, 6) is -0.155. The van der Waals surface area contributed by atoms with Crippen LogP contribution in [0.4, 0.5) is 0 Å². The standard InChI is InChI=1S/C14H19O4/c1-9(15)17-11-6-7-13(18-10(2)16)12(8-11)14(3,4)5/h6-7H,8H2,1-5H3. The fourth-order valence-electron chi connectivity index (χ4n) is 1.73. The van der Waals surface area contributed by atoms with Gasteiger partial charge < -0.3 is 9.47 Å². The quantitative estimate of drug-likeness (QED) is 0.708. The molecule has 0 aromatic rings. The first kappa shape index (κ1) is 14.5. The highest BCUT2D eigenvalue weighted by Crippen LogP contribution is 2.38. The third kappa shape index (κ3) is 4.02. The van der Waals surface area contributed by atoms with E-state index >= 15 is 0 Å². The smallest absolute Gasteiger partial charge is 0.308 e. The van der Waals surface area contributed by atoms with Gasteiger partial charge in [-0.3, -0.25) is 9.59 Å². The first-order valence-corrected chi connectivity index (χ1v) is 5.84. The van der Waals surface area contributed by atoms with Crippen LogP contribution in [0.2, 0.25) is 0 Å². The van der Waals surface area contributed by atoms with E-state index in [0.29, 0.717) is 18.3 Å². The maximum absolute atomic E-state index is 11.1. The zero-order valence-electron chi connectivity index (χ0n) is 11.5. The van der Waals surface area contributed by atoms with E-state index in [1.807, 2.05) is 20.8 Å². The molecule has 0 aromatic carbocycles. The highest BCUT2D eigenvalue weighted by Gasteiger charge is 2.29. The minimum Gasteiger partial charge on any atom is -0.450 e. The lowest BCUT2D eigenvalue weighted by molar-refractivity contribution is -0.140. The zero-order valence-corrected chi connectivity index (χ0v) is 11.5. The number of hydrogen-bond acceptors (Lipinski definition) is 4. The molecule has 0 aliphatic heterocycles. The third-order valence-electron chi connectivity index (χ3n) is 2.50. The summed E-state index contributed by atoms with van der Waals surface area (Å²) in [6.07, 6.45) is 4.38. The maximum Gasteiger partial charge on any atom is 0.308 e. The Hall–Kier alpha value is -1.58. The van der Waals surface area contributed by atoms with Crippen LogP contribution in [0, 0.1) is 11.5 Å². The van der Waals surface area contributed by atoms with Crippen molar-refractivity contribution >= 4 is 11.9 Å². The van der Waals surface area contributed by atoms with Crippen LogP contribution in [0.1, 0.15) is 41.0 Å². The molecule has 0 bridgehead atoms. The number of allylic oxidation sites excluding steroid dienone is 1. The average molecular weight is 251 g/mol. The van der Waals surface area contributed by atoms with E-state index in [0.717, 1.165) is 5.57 Å². The van der Waals surface area contributed by atoms with Gasteiger partial charge in [-0.25, -0.2) is 0 Å². The van der Waals surface area contributed by atoms with Crippen LogP contribution in [0.25, 0.3) is 0 Å². The van der Waals surface area contributed by atoms with Gasteiger partial charge in [0.15, 0.2) is 6.10 Å². The average Bonchev–Trinajstić information content (AvgIpc) is 2.17. The van der Waals surface area contributed by atoms with Crippen molar-refractivity contribution in [1.82, 2.24) is 0 Å². The molecule has 0 N–H and O–H groups in total. The molecule has 0 saturated heterocycles. The van der Waals surface area contributed by atoms with Gasteiger partial charge in [0.2, 0.25) is 0 Å². The first-order valence-electron chi connectivity index (χ1n) is 5.84. The van der Waals surface area contributed by atoms with Crippen LogP contribution >= 0.6 is 0 Å². The van der Waals surface area contributed by atoms with Gasteiger partial charge in [0.1, 0.15) is 5.76 Å². The second-order valence-corrected chi connectivity index (χ2v) is 5.26. The predicted molar refractivity (Wildman–Crippen MR) is 67.0 cm³/mol. The van der Waals surface area contributed by atoms with Crippen LogP contribution in [0.15, 0.2) is 23.5 Å². The monoisotopic (exact) mass is 251 g/mol. The molecule has 1 rings (SSSR count). The van der Waals surface area contributed by atoms with Crippen LogP contribution in [-0.4, -0.2) is 11.9 Å². The van der Waals surface area contributed by atoms with Crippen molar-refractivity contribution < 1.29 is 19.1 Å². The van der Waals surface area contributed by atoms with Crippen molar-refractivity contribution in [2.24, 2.45) is 5.41 Å². The minimum atomic E-state index is -0.354. The van der Waals surface area contributed by atoms with Crippen molar-refractivity contribution in [2.75, 3.05) is 0 Å². The van der Waals surface area contributed by atoms with E-state index < -0.39 is 0 Å². The van der Waals surface area contributed by atoms with Crippen molar-refractivity contribution in [3.8, 4) is 0 Å². The molecule has 0 atom stereocenters. The number of carbonyl (C=O) groups is 2. The van der Waals surface area contributed by atoms with E-state index in [1.54, 1.807) is 12.2 Å². The Morgan fingerprint density at radius 3 is 2.06 bits per heavy atom. The minimum absolute atomic E-state index is 0.166. The van der Waals surface area contributed by atoms with E-state index in [-0.39, 0.29) is 17.4 Å². The molecule has 0 spiro atoms.